The fraction of sp³-hybridized carbons (Fsp3) is 0.533. The zero-order chi connectivity index (χ0) is 13.0. The Balaban J connectivity index is 1.84. The molecule has 0 bridgehead atoms. The van der Waals surface area contributed by atoms with Gasteiger partial charge >= 0.3 is 0 Å². The number of rotatable bonds is 3. The Labute approximate surface area is 109 Å². The van der Waals surface area contributed by atoms with E-state index in [0.29, 0.717) is 18.4 Å². The van der Waals surface area contributed by atoms with Crippen molar-refractivity contribution in [3.8, 4) is 0 Å². The Morgan fingerprint density at radius 1 is 1.22 bits per heavy atom. The van der Waals surface area contributed by atoms with E-state index in [4.69, 9.17) is 0 Å². The molecule has 1 saturated heterocycles. The molecule has 2 unspecified atom stereocenters. The number of likely N-dealkylation sites (tertiary alicyclic amines) is 1. The average Bonchev–Trinajstić information content (AvgIpc) is 2.28. The molecule has 98 valence electrons. The zero-order valence-electron chi connectivity index (χ0n) is 11.2. The van der Waals surface area contributed by atoms with Crippen LogP contribution in [0.4, 0.5) is 5.69 Å². The molecule has 1 aliphatic rings. The number of amides is 1. The molecule has 18 heavy (non-hydrogen) atoms. The maximum absolute atomic E-state index is 11.9. The van der Waals surface area contributed by atoms with Gasteiger partial charge in [0.2, 0.25) is 5.91 Å². The first-order chi connectivity index (χ1) is 8.63. The second kappa shape index (κ2) is 6.01. The van der Waals surface area contributed by atoms with Crippen LogP contribution >= 0.6 is 0 Å². The van der Waals surface area contributed by atoms with Crippen LogP contribution in [0, 0.1) is 11.8 Å². The van der Waals surface area contributed by atoms with Crippen molar-refractivity contribution < 1.29 is 4.79 Å². The molecule has 1 heterocycles. The smallest absolute Gasteiger partial charge is 0.238 e. The van der Waals surface area contributed by atoms with Crippen molar-refractivity contribution in [2.45, 2.75) is 20.3 Å². The second-order valence-corrected chi connectivity index (χ2v) is 5.55. The van der Waals surface area contributed by atoms with E-state index >= 15 is 0 Å². The van der Waals surface area contributed by atoms with Crippen LogP contribution in [0.3, 0.4) is 0 Å². The zero-order valence-corrected chi connectivity index (χ0v) is 11.2. The third-order valence-electron chi connectivity index (χ3n) is 3.37. The van der Waals surface area contributed by atoms with Gasteiger partial charge in [0.15, 0.2) is 0 Å². The summed E-state index contributed by atoms with van der Waals surface area (Å²) in [5.41, 5.74) is 0.876. The number of anilines is 1. The summed E-state index contributed by atoms with van der Waals surface area (Å²) in [7, 11) is 0. The van der Waals surface area contributed by atoms with Crippen molar-refractivity contribution in [1.29, 1.82) is 0 Å². The van der Waals surface area contributed by atoms with Gasteiger partial charge in [-0.05, 0) is 30.4 Å². The SMILES string of the molecule is CC1CC(C)CN(CC(=O)Nc2ccccc2)C1. The van der Waals surface area contributed by atoms with Crippen molar-refractivity contribution in [3.63, 3.8) is 0 Å². The number of nitrogens with one attached hydrogen (secondary N) is 1. The van der Waals surface area contributed by atoms with Crippen LogP contribution in [0.5, 0.6) is 0 Å². The summed E-state index contributed by atoms with van der Waals surface area (Å²) in [4.78, 5) is 14.2. The van der Waals surface area contributed by atoms with Crippen molar-refractivity contribution in [2.24, 2.45) is 11.8 Å². The Morgan fingerprint density at radius 2 is 1.83 bits per heavy atom. The molecule has 0 spiro atoms. The fourth-order valence-corrected chi connectivity index (χ4v) is 2.85. The average molecular weight is 246 g/mol. The summed E-state index contributed by atoms with van der Waals surface area (Å²) in [5.74, 6) is 1.47. The minimum Gasteiger partial charge on any atom is -0.325 e. The van der Waals surface area contributed by atoms with Crippen molar-refractivity contribution in [2.75, 3.05) is 25.0 Å². The molecule has 1 aliphatic heterocycles. The van der Waals surface area contributed by atoms with Gasteiger partial charge in [0.05, 0.1) is 6.54 Å². The molecule has 1 aromatic carbocycles. The summed E-state index contributed by atoms with van der Waals surface area (Å²) in [6.07, 6.45) is 1.27. The van der Waals surface area contributed by atoms with E-state index in [9.17, 15) is 4.79 Å². The molecule has 0 radical (unpaired) electrons. The predicted octanol–water partition coefficient (Wildman–Crippen LogP) is 2.60. The molecule has 0 saturated carbocycles. The summed E-state index contributed by atoms with van der Waals surface area (Å²) in [5, 5.41) is 2.94. The molecule has 2 rings (SSSR count). The van der Waals surface area contributed by atoms with Gasteiger partial charge in [0.1, 0.15) is 0 Å². The van der Waals surface area contributed by atoms with E-state index in [2.05, 4.69) is 24.1 Å². The molecule has 1 aromatic rings. The highest BCUT2D eigenvalue weighted by molar-refractivity contribution is 5.92. The number of piperidine rings is 1. The number of carbonyl (C=O) groups excluding carboxylic acids is 1. The predicted molar refractivity (Wildman–Crippen MR) is 74.5 cm³/mol. The summed E-state index contributed by atoms with van der Waals surface area (Å²) < 4.78 is 0. The van der Waals surface area contributed by atoms with Gasteiger partial charge in [-0.3, -0.25) is 9.69 Å². The Hall–Kier alpha value is -1.35. The number of nitrogens with zero attached hydrogens (tertiary/aromatic N) is 1. The van der Waals surface area contributed by atoms with Crippen molar-refractivity contribution in [3.05, 3.63) is 30.3 Å². The van der Waals surface area contributed by atoms with E-state index in [-0.39, 0.29) is 5.91 Å². The molecule has 0 aliphatic carbocycles. The number of hydrogen-bond donors (Lipinski definition) is 1. The van der Waals surface area contributed by atoms with Crippen LogP contribution in [0.1, 0.15) is 20.3 Å². The standard InChI is InChI=1S/C15H22N2O/c1-12-8-13(2)10-17(9-12)11-15(18)16-14-6-4-3-5-7-14/h3-7,12-13H,8-11H2,1-2H3,(H,16,18). The Kier molecular flexibility index (Phi) is 4.37. The van der Waals surface area contributed by atoms with E-state index < -0.39 is 0 Å². The molecule has 1 amide bonds. The third kappa shape index (κ3) is 3.84. The van der Waals surface area contributed by atoms with Crippen LogP contribution in [-0.2, 0) is 4.79 Å². The minimum atomic E-state index is 0.0856. The lowest BCUT2D eigenvalue weighted by Gasteiger charge is -2.34. The molecular formula is C15H22N2O. The lowest BCUT2D eigenvalue weighted by atomic mass is 9.92. The first-order valence-corrected chi connectivity index (χ1v) is 6.70. The Morgan fingerprint density at radius 3 is 2.44 bits per heavy atom. The molecular weight excluding hydrogens is 224 g/mol. The van der Waals surface area contributed by atoms with Crippen LogP contribution in [-0.4, -0.2) is 30.4 Å². The van der Waals surface area contributed by atoms with Gasteiger partial charge in [-0.15, -0.1) is 0 Å². The topological polar surface area (TPSA) is 32.3 Å². The fourth-order valence-electron chi connectivity index (χ4n) is 2.85. The van der Waals surface area contributed by atoms with E-state index in [1.165, 1.54) is 6.42 Å². The number of hydrogen-bond acceptors (Lipinski definition) is 2. The minimum absolute atomic E-state index is 0.0856. The van der Waals surface area contributed by atoms with E-state index in [0.717, 1.165) is 18.8 Å². The Bertz CT molecular complexity index is 381. The lowest BCUT2D eigenvalue weighted by molar-refractivity contribution is -0.117. The highest BCUT2D eigenvalue weighted by Crippen LogP contribution is 2.20. The van der Waals surface area contributed by atoms with Gasteiger partial charge in [-0.2, -0.15) is 0 Å². The molecule has 2 atom stereocenters. The van der Waals surface area contributed by atoms with Gasteiger partial charge in [-0.25, -0.2) is 0 Å². The van der Waals surface area contributed by atoms with Gasteiger partial charge in [-0.1, -0.05) is 32.0 Å². The van der Waals surface area contributed by atoms with Gasteiger partial charge < -0.3 is 5.32 Å². The van der Waals surface area contributed by atoms with Crippen LogP contribution in [0.25, 0.3) is 0 Å². The molecule has 3 heteroatoms. The molecule has 3 nitrogen and oxygen atoms in total. The number of carbonyl (C=O) groups is 1. The highest BCUT2D eigenvalue weighted by Gasteiger charge is 2.23. The molecule has 1 fully saturated rings. The van der Waals surface area contributed by atoms with Crippen LogP contribution in [0.2, 0.25) is 0 Å². The van der Waals surface area contributed by atoms with E-state index in [1.54, 1.807) is 0 Å². The second-order valence-electron chi connectivity index (χ2n) is 5.55. The van der Waals surface area contributed by atoms with Crippen molar-refractivity contribution >= 4 is 11.6 Å². The first kappa shape index (κ1) is 13.1. The highest BCUT2D eigenvalue weighted by atomic mass is 16.2. The van der Waals surface area contributed by atoms with Gasteiger partial charge in [0.25, 0.3) is 0 Å². The number of benzene rings is 1. The maximum Gasteiger partial charge on any atom is 0.238 e. The van der Waals surface area contributed by atoms with E-state index in [1.807, 2.05) is 30.3 Å². The lowest BCUT2D eigenvalue weighted by Crippen LogP contribution is -2.42. The quantitative estimate of drug-likeness (QED) is 0.889. The maximum atomic E-state index is 11.9. The first-order valence-electron chi connectivity index (χ1n) is 6.70. The number of para-hydroxylation sites is 1. The van der Waals surface area contributed by atoms with Gasteiger partial charge in [0, 0.05) is 18.8 Å². The van der Waals surface area contributed by atoms with Crippen LogP contribution < -0.4 is 5.32 Å². The summed E-state index contributed by atoms with van der Waals surface area (Å²) in [6.45, 7) is 7.10. The summed E-state index contributed by atoms with van der Waals surface area (Å²) >= 11 is 0. The molecule has 1 N–H and O–H groups in total. The van der Waals surface area contributed by atoms with Crippen molar-refractivity contribution in [1.82, 2.24) is 4.90 Å². The molecule has 0 aromatic heterocycles. The summed E-state index contributed by atoms with van der Waals surface area (Å²) in [6, 6.07) is 9.64. The van der Waals surface area contributed by atoms with Crippen LogP contribution in [0.15, 0.2) is 30.3 Å². The third-order valence-corrected chi connectivity index (χ3v) is 3.37. The normalized spacial score (nSPS) is 24.8. The largest absolute Gasteiger partial charge is 0.325 e. The monoisotopic (exact) mass is 246 g/mol.